The van der Waals surface area contributed by atoms with Gasteiger partial charge in [0.25, 0.3) is 0 Å². The molecule has 0 radical (unpaired) electrons. The molecule has 1 rings (SSSR count). The van der Waals surface area contributed by atoms with E-state index in [0.717, 1.165) is 5.54 Å². The number of ether oxygens (including phenoxy) is 2. The molecule has 1 aliphatic heterocycles. The molecule has 0 saturated carbocycles. The second-order valence-corrected chi connectivity index (χ2v) is 4.09. The normalized spacial score (nSPS) is 33.1. The van der Waals surface area contributed by atoms with Crippen molar-refractivity contribution in [1.82, 2.24) is 5.48 Å². The Morgan fingerprint density at radius 3 is 2.72 bits per heavy atom. The first-order chi connectivity index (χ1) is 8.43. The van der Waals surface area contributed by atoms with E-state index < -0.39 is 30.6 Å². The maximum absolute atomic E-state index is 10.7. The zero-order chi connectivity index (χ0) is 13.7. The standard InChI is InChI=1S/C10H16ClNO6/c1-5-7(14)3-8(15)10(16-5)18-12-9(4-11)17-6(2)13/h4-5,7-8,10,12,14-15H,3H2,1-2H3/t5-,7+,8+,10-/m1/s1. The lowest BCUT2D eigenvalue weighted by atomic mass is 10.0. The molecule has 0 spiro atoms. The van der Waals surface area contributed by atoms with E-state index in [1.807, 2.05) is 0 Å². The summed E-state index contributed by atoms with van der Waals surface area (Å²) in [4.78, 5) is 15.7. The van der Waals surface area contributed by atoms with E-state index in [2.05, 4.69) is 10.2 Å². The van der Waals surface area contributed by atoms with E-state index in [1.165, 1.54) is 6.92 Å². The van der Waals surface area contributed by atoms with Crippen LogP contribution < -0.4 is 5.48 Å². The number of nitrogens with one attached hydrogen (secondary N) is 1. The molecule has 1 fully saturated rings. The van der Waals surface area contributed by atoms with Crippen LogP contribution in [0.25, 0.3) is 0 Å². The van der Waals surface area contributed by atoms with E-state index >= 15 is 0 Å². The number of carbonyl (C=O) groups excluding carboxylic acids is 1. The lowest BCUT2D eigenvalue weighted by Crippen LogP contribution is -2.48. The molecule has 0 aromatic rings. The van der Waals surface area contributed by atoms with Gasteiger partial charge in [-0.05, 0) is 6.92 Å². The van der Waals surface area contributed by atoms with Crippen LogP contribution in [-0.2, 0) is 19.1 Å². The van der Waals surface area contributed by atoms with Gasteiger partial charge in [-0.3, -0.25) is 4.79 Å². The van der Waals surface area contributed by atoms with Crippen molar-refractivity contribution in [2.45, 2.75) is 44.9 Å². The largest absolute Gasteiger partial charge is 0.407 e. The van der Waals surface area contributed by atoms with Gasteiger partial charge < -0.3 is 19.7 Å². The number of aliphatic hydroxyl groups is 2. The third kappa shape index (κ3) is 4.43. The summed E-state index contributed by atoms with van der Waals surface area (Å²) >= 11 is 5.39. The van der Waals surface area contributed by atoms with Gasteiger partial charge in [-0.2, -0.15) is 0 Å². The minimum Gasteiger partial charge on any atom is -0.407 e. The van der Waals surface area contributed by atoms with Crippen molar-refractivity contribution >= 4 is 17.6 Å². The van der Waals surface area contributed by atoms with Crippen LogP contribution in [0, 0.1) is 0 Å². The van der Waals surface area contributed by atoms with Gasteiger partial charge in [0, 0.05) is 13.3 Å². The van der Waals surface area contributed by atoms with Crippen molar-refractivity contribution in [3.05, 3.63) is 11.4 Å². The van der Waals surface area contributed by atoms with Gasteiger partial charge in [0.2, 0.25) is 12.2 Å². The second kappa shape index (κ2) is 6.91. The Kier molecular flexibility index (Phi) is 5.83. The molecule has 1 aliphatic rings. The van der Waals surface area contributed by atoms with Crippen LogP contribution in [0.4, 0.5) is 0 Å². The lowest BCUT2D eigenvalue weighted by molar-refractivity contribution is -0.280. The molecule has 1 heterocycles. The monoisotopic (exact) mass is 281 g/mol. The number of hydroxylamine groups is 1. The Morgan fingerprint density at radius 1 is 1.50 bits per heavy atom. The van der Waals surface area contributed by atoms with Crippen molar-refractivity contribution < 1.29 is 29.3 Å². The Hall–Kier alpha value is -0.860. The zero-order valence-corrected chi connectivity index (χ0v) is 10.8. The molecule has 4 atom stereocenters. The lowest BCUT2D eigenvalue weighted by Gasteiger charge is -2.34. The van der Waals surface area contributed by atoms with Crippen LogP contribution in [0.1, 0.15) is 20.3 Å². The summed E-state index contributed by atoms with van der Waals surface area (Å²) in [5.74, 6) is -0.703. The van der Waals surface area contributed by atoms with Gasteiger partial charge in [-0.1, -0.05) is 11.6 Å². The number of carbonyl (C=O) groups is 1. The van der Waals surface area contributed by atoms with Crippen LogP contribution in [0.3, 0.4) is 0 Å². The molecule has 0 amide bonds. The van der Waals surface area contributed by atoms with E-state index in [4.69, 9.17) is 21.2 Å². The highest BCUT2D eigenvalue weighted by Gasteiger charge is 2.35. The zero-order valence-electron chi connectivity index (χ0n) is 10.00. The Morgan fingerprint density at radius 2 is 2.17 bits per heavy atom. The first-order valence-electron chi connectivity index (χ1n) is 5.36. The fraction of sp³-hybridized carbons (Fsp3) is 0.700. The first-order valence-corrected chi connectivity index (χ1v) is 5.79. The molecule has 0 bridgehead atoms. The van der Waals surface area contributed by atoms with Crippen molar-refractivity contribution in [2.75, 3.05) is 0 Å². The van der Waals surface area contributed by atoms with Crippen LogP contribution in [-0.4, -0.2) is 40.8 Å². The summed E-state index contributed by atoms with van der Waals surface area (Å²) in [6, 6.07) is 0. The van der Waals surface area contributed by atoms with Crippen LogP contribution in [0.15, 0.2) is 11.4 Å². The highest BCUT2D eigenvalue weighted by molar-refractivity contribution is 6.25. The minimum atomic E-state index is -1.00. The van der Waals surface area contributed by atoms with Crippen LogP contribution in [0.5, 0.6) is 0 Å². The predicted octanol–water partition coefficient (Wildman–Crippen LogP) is -0.0349. The maximum atomic E-state index is 10.7. The molecule has 3 N–H and O–H groups in total. The highest BCUT2D eigenvalue weighted by Crippen LogP contribution is 2.20. The predicted molar refractivity (Wildman–Crippen MR) is 60.9 cm³/mol. The smallest absolute Gasteiger partial charge is 0.309 e. The summed E-state index contributed by atoms with van der Waals surface area (Å²) in [6.45, 7) is 2.85. The summed E-state index contributed by atoms with van der Waals surface area (Å²) in [5, 5.41) is 19.1. The molecule has 18 heavy (non-hydrogen) atoms. The van der Waals surface area contributed by atoms with E-state index in [1.54, 1.807) is 6.92 Å². The average molecular weight is 282 g/mol. The summed E-state index contributed by atoms with van der Waals surface area (Å²) in [5.41, 5.74) is 3.22. The Balaban J connectivity index is 2.44. The summed E-state index contributed by atoms with van der Waals surface area (Å²) in [6.07, 6.45) is -3.10. The minimum absolute atomic E-state index is 0.126. The van der Waals surface area contributed by atoms with Gasteiger partial charge in [0.05, 0.1) is 17.7 Å². The molecule has 104 valence electrons. The van der Waals surface area contributed by atoms with Crippen LogP contribution >= 0.6 is 11.6 Å². The topological polar surface area (TPSA) is 97.3 Å². The maximum Gasteiger partial charge on any atom is 0.309 e. The number of hydrogen-bond donors (Lipinski definition) is 3. The number of rotatable bonds is 4. The molecule has 1 saturated heterocycles. The number of esters is 1. The third-order valence-corrected chi connectivity index (χ3v) is 2.51. The van der Waals surface area contributed by atoms with E-state index in [9.17, 15) is 15.0 Å². The van der Waals surface area contributed by atoms with Crippen molar-refractivity contribution in [3.63, 3.8) is 0 Å². The number of hydrogen-bond acceptors (Lipinski definition) is 7. The molecular formula is C10H16ClNO6. The quantitative estimate of drug-likeness (QED) is 0.378. The highest BCUT2D eigenvalue weighted by atomic mass is 35.5. The molecule has 7 nitrogen and oxygen atoms in total. The fourth-order valence-corrected chi connectivity index (χ4v) is 1.47. The molecule has 0 unspecified atom stereocenters. The Bertz CT molecular complexity index is 323. The fourth-order valence-electron chi connectivity index (χ4n) is 1.39. The SMILES string of the molecule is CC(=O)OC(=CCl)NO[C@H]1O[C@H](C)[C@@H](O)C[C@@H]1O. The molecule has 0 aliphatic carbocycles. The molecular weight excluding hydrogens is 266 g/mol. The Labute approximate surface area is 109 Å². The second-order valence-electron chi connectivity index (χ2n) is 3.87. The third-order valence-electron chi connectivity index (χ3n) is 2.32. The summed E-state index contributed by atoms with van der Waals surface area (Å²) < 4.78 is 9.86. The van der Waals surface area contributed by atoms with Gasteiger partial charge in [-0.25, -0.2) is 10.3 Å². The van der Waals surface area contributed by atoms with Crippen LogP contribution in [0.2, 0.25) is 0 Å². The van der Waals surface area contributed by atoms with Gasteiger partial charge in [-0.15, -0.1) is 0 Å². The average Bonchev–Trinajstić information content (AvgIpc) is 2.29. The van der Waals surface area contributed by atoms with Crippen molar-refractivity contribution in [1.29, 1.82) is 0 Å². The van der Waals surface area contributed by atoms with E-state index in [-0.39, 0.29) is 12.3 Å². The van der Waals surface area contributed by atoms with Gasteiger partial charge in [0.1, 0.15) is 6.10 Å². The first kappa shape index (κ1) is 15.2. The molecule has 0 aromatic carbocycles. The molecule has 8 heteroatoms. The van der Waals surface area contributed by atoms with E-state index in [0.29, 0.717) is 0 Å². The summed E-state index contributed by atoms with van der Waals surface area (Å²) in [7, 11) is 0. The number of aliphatic hydroxyl groups excluding tert-OH is 2. The van der Waals surface area contributed by atoms with Gasteiger partial charge >= 0.3 is 5.97 Å². The number of halogens is 1. The molecule has 0 aromatic heterocycles. The van der Waals surface area contributed by atoms with Crippen molar-refractivity contribution in [2.24, 2.45) is 0 Å². The van der Waals surface area contributed by atoms with Gasteiger partial charge in [0.15, 0.2) is 0 Å². The van der Waals surface area contributed by atoms with Crippen molar-refractivity contribution in [3.8, 4) is 0 Å².